The number of benzene rings is 1. The molecule has 0 heterocycles. The van der Waals surface area contributed by atoms with Gasteiger partial charge < -0.3 is 9.90 Å². The van der Waals surface area contributed by atoms with E-state index in [1.807, 2.05) is 0 Å². The molecule has 0 radical (unpaired) electrons. The van der Waals surface area contributed by atoms with Crippen molar-refractivity contribution in [1.82, 2.24) is 0 Å². The van der Waals surface area contributed by atoms with Crippen LogP contribution in [0.2, 0.25) is 0 Å². The molecular weight excluding hydrogens is 282 g/mol. The number of carboxylic acid groups (broad SMARTS) is 1. The zero-order valence-corrected chi connectivity index (χ0v) is 8.38. The molecule has 0 aliphatic rings. The van der Waals surface area contributed by atoms with E-state index < -0.39 is 17.3 Å². The first-order valence-corrected chi connectivity index (χ1v) is 3.53. The maximum atomic E-state index is 10.4. The van der Waals surface area contributed by atoms with Crippen molar-refractivity contribution < 1.29 is 37.2 Å². The van der Waals surface area contributed by atoms with Crippen LogP contribution in [0.15, 0.2) is 24.3 Å². The van der Waals surface area contributed by atoms with Crippen molar-refractivity contribution in [3.05, 3.63) is 39.9 Å². The van der Waals surface area contributed by atoms with Gasteiger partial charge in [0, 0.05) is 24.0 Å². The Morgan fingerprint density at radius 1 is 1.36 bits per heavy atom. The molecule has 6 heteroatoms. The van der Waals surface area contributed by atoms with Gasteiger partial charge in [-0.25, -0.2) is 0 Å². The Kier molecular flexibility index (Phi) is 5.07. The molecule has 1 aromatic rings. The van der Waals surface area contributed by atoms with Crippen LogP contribution in [0.4, 0.5) is 5.69 Å². The SMILES string of the molecule is O=C([O-])Cc1ccccc1[N+](=O)[O-].[Ag+]. The van der Waals surface area contributed by atoms with Gasteiger partial charge in [-0.05, 0) is 0 Å². The zero-order chi connectivity index (χ0) is 9.84. The molecule has 0 saturated heterocycles. The molecule has 78 valence electrons. The van der Waals surface area contributed by atoms with Crippen molar-refractivity contribution in [2.24, 2.45) is 0 Å². The van der Waals surface area contributed by atoms with Crippen molar-refractivity contribution in [3.8, 4) is 0 Å². The standard InChI is InChI=1S/C8H7NO4.Ag/c10-8(11)5-6-3-1-2-4-7(6)9(12)13;/h1-4H,5H2,(H,10,11);/q;+1/p-1. The van der Waals surface area contributed by atoms with Crippen molar-refractivity contribution in [1.29, 1.82) is 0 Å². The summed E-state index contributed by atoms with van der Waals surface area (Å²) < 4.78 is 0. The monoisotopic (exact) mass is 287 g/mol. The molecular formula is C8H6AgNO4. The van der Waals surface area contributed by atoms with Gasteiger partial charge in [0.2, 0.25) is 0 Å². The quantitative estimate of drug-likeness (QED) is 0.441. The third-order valence-electron chi connectivity index (χ3n) is 1.52. The first-order chi connectivity index (χ1) is 6.11. The van der Waals surface area contributed by atoms with Crippen LogP contribution in [0, 0.1) is 10.1 Å². The number of nitro groups is 1. The zero-order valence-electron chi connectivity index (χ0n) is 6.90. The Morgan fingerprint density at radius 3 is 2.43 bits per heavy atom. The predicted octanol–water partition coefficient (Wildman–Crippen LogP) is -0.115. The molecule has 0 unspecified atom stereocenters. The summed E-state index contributed by atoms with van der Waals surface area (Å²) in [6, 6.07) is 5.69. The maximum absolute atomic E-state index is 10.4. The average molecular weight is 288 g/mol. The third-order valence-corrected chi connectivity index (χ3v) is 1.52. The number of nitro benzene ring substituents is 1. The summed E-state index contributed by atoms with van der Waals surface area (Å²) >= 11 is 0. The second-order valence-electron chi connectivity index (χ2n) is 2.43. The van der Waals surface area contributed by atoms with E-state index >= 15 is 0 Å². The number of hydrogen-bond acceptors (Lipinski definition) is 4. The number of nitrogens with zero attached hydrogens (tertiary/aromatic N) is 1. The van der Waals surface area contributed by atoms with Gasteiger partial charge in [0.25, 0.3) is 5.69 Å². The van der Waals surface area contributed by atoms with E-state index in [9.17, 15) is 20.0 Å². The molecule has 0 spiro atoms. The third kappa shape index (κ3) is 3.29. The molecule has 0 fully saturated rings. The molecule has 0 amide bonds. The number of para-hydroxylation sites is 1. The van der Waals surface area contributed by atoms with Gasteiger partial charge in [-0.15, -0.1) is 0 Å². The average Bonchev–Trinajstić information content (AvgIpc) is 2.03. The van der Waals surface area contributed by atoms with E-state index in [4.69, 9.17) is 0 Å². The minimum Gasteiger partial charge on any atom is -0.550 e. The molecule has 0 N–H and O–H groups in total. The van der Waals surface area contributed by atoms with Crippen LogP contribution in [0.3, 0.4) is 0 Å². The number of aliphatic carboxylic acids is 1. The van der Waals surface area contributed by atoms with Gasteiger partial charge in [0.15, 0.2) is 0 Å². The Bertz CT molecular complexity index is 353. The van der Waals surface area contributed by atoms with Gasteiger partial charge in [0.05, 0.1) is 4.92 Å². The number of carbonyl (C=O) groups is 1. The topological polar surface area (TPSA) is 83.3 Å². The van der Waals surface area contributed by atoms with Crippen LogP contribution in [0.1, 0.15) is 5.56 Å². The van der Waals surface area contributed by atoms with Crippen molar-refractivity contribution in [3.63, 3.8) is 0 Å². The minimum absolute atomic E-state index is 0. The smallest absolute Gasteiger partial charge is 0.550 e. The Balaban J connectivity index is 0.00000169. The second-order valence-corrected chi connectivity index (χ2v) is 2.43. The molecule has 0 aliphatic heterocycles. The van der Waals surface area contributed by atoms with Crippen LogP contribution in [-0.2, 0) is 33.6 Å². The summed E-state index contributed by atoms with van der Waals surface area (Å²) in [7, 11) is 0. The van der Waals surface area contributed by atoms with Gasteiger partial charge >= 0.3 is 22.4 Å². The van der Waals surface area contributed by atoms with Gasteiger partial charge in [-0.1, -0.05) is 18.2 Å². The molecule has 0 aromatic heterocycles. The summed E-state index contributed by atoms with van der Waals surface area (Å²) in [6.07, 6.45) is -0.433. The summed E-state index contributed by atoms with van der Waals surface area (Å²) in [4.78, 5) is 20.0. The van der Waals surface area contributed by atoms with Crippen molar-refractivity contribution in [2.45, 2.75) is 6.42 Å². The van der Waals surface area contributed by atoms with E-state index in [1.54, 1.807) is 6.07 Å². The van der Waals surface area contributed by atoms with E-state index in [1.165, 1.54) is 18.2 Å². The molecule has 14 heavy (non-hydrogen) atoms. The maximum Gasteiger partial charge on any atom is 1.00 e. The largest absolute Gasteiger partial charge is 1.00 e. The van der Waals surface area contributed by atoms with Gasteiger partial charge in [-0.2, -0.15) is 0 Å². The molecule has 0 atom stereocenters. The van der Waals surface area contributed by atoms with Crippen LogP contribution in [0.25, 0.3) is 0 Å². The molecule has 1 rings (SSSR count). The van der Waals surface area contributed by atoms with Crippen molar-refractivity contribution >= 4 is 11.7 Å². The van der Waals surface area contributed by atoms with Gasteiger partial charge in [0.1, 0.15) is 0 Å². The summed E-state index contributed by atoms with van der Waals surface area (Å²) in [5, 5.41) is 20.6. The Morgan fingerprint density at radius 2 is 1.93 bits per heavy atom. The number of carboxylic acids is 1. The van der Waals surface area contributed by atoms with E-state index in [2.05, 4.69) is 0 Å². The van der Waals surface area contributed by atoms with Crippen LogP contribution in [-0.4, -0.2) is 10.9 Å². The minimum atomic E-state index is -1.32. The number of rotatable bonds is 3. The molecule has 5 nitrogen and oxygen atoms in total. The normalized spacial score (nSPS) is 8.86. The summed E-state index contributed by atoms with van der Waals surface area (Å²) in [6.45, 7) is 0. The summed E-state index contributed by atoms with van der Waals surface area (Å²) in [5.41, 5.74) is -0.0285. The second kappa shape index (κ2) is 5.54. The summed E-state index contributed by atoms with van der Waals surface area (Å²) in [5.74, 6) is -1.32. The van der Waals surface area contributed by atoms with E-state index in [-0.39, 0.29) is 33.6 Å². The fourth-order valence-corrected chi connectivity index (χ4v) is 0.994. The Labute approximate surface area is 95.4 Å². The number of hydrogen-bond donors (Lipinski definition) is 0. The predicted molar refractivity (Wildman–Crippen MR) is 41.8 cm³/mol. The first-order valence-electron chi connectivity index (χ1n) is 3.53. The fraction of sp³-hybridized carbons (Fsp3) is 0.125. The van der Waals surface area contributed by atoms with E-state index in [0.717, 1.165) is 0 Å². The van der Waals surface area contributed by atoms with Crippen LogP contribution < -0.4 is 5.11 Å². The van der Waals surface area contributed by atoms with Gasteiger partial charge in [-0.3, -0.25) is 10.1 Å². The van der Waals surface area contributed by atoms with Crippen LogP contribution >= 0.6 is 0 Å². The fourth-order valence-electron chi connectivity index (χ4n) is 0.994. The first kappa shape index (κ1) is 12.8. The van der Waals surface area contributed by atoms with Crippen LogP contribution in [0.5, 0.6) is 0 Å². The molecule has 0 saturated carbocycles. The molecule has 1 aromatic carbocycles. The Hall–Kier alpha value is -1.17. The van der Waals surface area contributed by atoms with E-state index in [0.29, 0.717) is 0 Å². The molecule has 0 aliphatic carbocycles. The number of carbonyl (C=O) groups excluding carboxylic acids is 1. The van der Waals surface area contributed by atoms with Crippen molar-refractivity contribution in [2.75, 3.05) is 0 Å². The molecule has 0 bridgehead atoms.